The molecule has 8 heteroatoms. The molecule has 2 aromatic rings. The van der Waals surface area contributed by atoms with Crippen LogP contribution in [-0.2, 0) is 4.74 Å². The number of carbonyl (C=O) groups is 1. The molecule has 0 unspecified atom stereocenters. The van der Waals surface area contributed by atoms with Crippen LogP contribution in [0.1, 0.15) is 28.9 Å². The Morgan fingerprint density at radius 3 is 2.93 bits per heavy atom. The highest BCUT2D eigenvalue weighted by Gasteiger charge is 2.29. The van der Waals surface area contributed by atoms with Crippen molar-refractivity contribution >= 4 is 17.5 Å². The fourth-order valence-electron chi connectivity index (χ4n) is 3.70. The number of carbonyl (C=O) groups excluding carboxylic acids is 1. The molecule has 0 aromatic heterocycles. The Labute approximate surface area is 173 Å². The van der Waals surface area contributed by atoms with E-state index in [2.05, 4.69) is 10.2 Å². The number of amides is 1. The molecule has 1 amide bonds. The SMILES string of the molecule is C[C@H]1CN([C@@H](CNC(=O)c2ccc3c(c2)OCO3)c2c(F)cccc2Cl)CCO1. The van der Waals surface area contributed by atoms with Crippen molar-refractivity contribution in [3.8, 4) is 11.5 Å². The summed E-state index contributed by atoms with van der Waals surface area (Å²) in [6.45, 7) is 4.11. The summed E-state index contributed by atoms with van der Waals surface area (Å²) in [5, 5.41) is 3.25. The molecule has 2 aliphatic heterocycles. The molecule has 0 bridgehead atoms. The van der Waals surface area contributed by atoms with E-state index in [4.69, 9.17) is 25.8 Å². The number of nitrogens with zero attached hydrogens (tertiary/aromatic N) is 1. The van der Waals surface area contributed by atoms with Gasteiger partial charge in [-0.05, 0) is 37.3 Å². The summed E-state index contributed by atoms with van der Waals surface area (Å²) in [6.07, 6.45) is 0.0151. The van der Waals surface area contributed by atoms with Gasteiger partial charge in [-0.25, -0.2) is 4.39 Å². The lowest BCUT2D eigenvalue weighted by atomic mass is 10.0. The predicted octanol–water partition coefficient (Wildman–Crippen LogP) is 3.40. The lowest BCUT2D eigenvalue weighted by Gasteiger charge is -2.38. The first-order valence-electron chi connectivity index (χ1n) is 9.50. The Kier molecular flexibility index (Phi) is 5.89. The maximum absolute atomic E-state index is 14.7. The van der Waals surface area contributed by atoms with Gasteiger partial charge in [0.25, 0.3) is 5.91 Å². The first-order valence-corrected chi connectivity index (χ1v) is 9.88. The fraction of sp³-hybridized carbons (Fsp3) is 0.381. The minimum atomic E-state index is -0.409. The summed E-state index contributed by atoms with van der Waals surface area (Å²) < 4.78 is 30.9. The fourth-order valence-corrected chi connectivity index (χ4v) is 3.99. The van der Waals surface area contributed by atoms with Crippen molar-refractivity contribution in [1.29, 1.82) is 0 Å². The van der Waals surface area contributed by atoms with Crippen LogP contribution in [0.5, 0.6) is 11.5 Å². The van der Waals surface area contributed by atoms with Crippen molar-refractivity contribution < 1.29 is 23.4 Å². The zero-order valence-electron chi connectivity index (χ0n) is 16.0. The van der Waals surface area contributed by atoms with Crippen molar-refractivity contribution in [2.45, 2.75) is 19.1 Å². The van der Waals surface area contributed by atoms with E-state index < -0.39 is 6.04 Å². The molecule has 0 aliphatic carbocycles. The number of hydrogen-bond donors (Lipinski definition) is 1. The molecule has 1 saturated heterocycles. The van der Waals surface area contributed by atoms with Gasteiger partial charge in [-0.2, -0.15) is 0 Å². The van der Waals surface area contributed by atoms with Gasteiger partial charge in [-0.3, -0.25) is 9.69 Å². The van der Waals surface area contributed by atoms with Crippen LogP contribution in [0.4, 0.5) is 4.39 Å². The third-order valence-corrected chi connectivity index (χ3v) is 5.47. The molecule has 0 saturated carbocycles. The number of rotatable bonds is 5. The van der Waals surface area contributed by atoms with E-state index in [0.717, 1.165) is 0 Å². The van der Waals surface area contributed by atoms with Gasteiger partial charge >= 0.3 is 0 Å². The molecular formula is C21H22ClFN2O4. The third-order valence-electron chi connectivity index (χ3n) is 5.14. The van der Waals surface area contributed by atoms with Crippen molar-refractivity contribution in [3.63, 3.8) is 0 Å². The molecule has 2 aliphatic rings. The van der Waals surface area contributed by atoms with Crippen molar-refractivity contribution in [2.75, 3.05) is 33.0 Å². The summed E-state index contributed by atoms with van der Waals surface area (Å²) in [7, 11) is 0. The molecule has 2 aromatic carbocycles. The molecular weight excluding hydrogens is 399 g/mol. The second kappa shape index (κ2) is 8.57. The highest BCUT2D eigenvalue weighted by Crippen LogP contribution is 2.33. The maximum atomic E-state index is 14.7. The lowest BCUT2D eigenvalue weighted by molar-refractivity contribution is -0.0346. The Hall–Kier alpha value is -2.35. The van der Waals surface area contributed by atoms with E-state index in [1.54, 1.807) is 30.3 Å². The Balaban J connectivity index is 1.54. The average Bonchev–Trinajstić information content (AvgIpc) is 3.17. The predicted molar refractivity (Wildman–Crippen MR) is 106 cm³/mol. The number of ether oxygens (including phenoxy) is 3. The topological polar surface area (TPSA) is 60.0 Å². The third kappa shape index (κ3) is 4.32. The van der Waals surface area contributed by atoms with Crippen molar-refractivity contribution in [3.05, 3.63) is 58.4 Å². The van der Waals surface area contributed by atoms with Gasteiger partial charge in [0.2, 0.25) is 6.79 Å². The van der Waals surface area contributed by atoms with E-state index >= 15 is 0 Å². The molecule has 0 radical (unpaired) electrons. The largest absolute Gasteiger partial charge is 0.454 e. The van der Waals surface area contributed by atoms with Gasteiger partial charge in [-0.15, -0.1) is 0 Å². The number of benzene rings is 2. The highest BCUT2D eigenvalue weighted by atomic mass is 35.5. The summed E-state index contributed by atoms with van der Waals surface area (Å²) in [4.78, 5) is 14.8. The molecule has 4 rings (SSSR count). The molecule has 1 fully saturated rings. The monoisotopic (exact) mass is 420 g/mol. The number of fused-ring (bicyclic) bond motifs is 1. The van der Waals surface area contributed by atoms with Crippen LogP contribution in [0.2, 0.25) is 5.02 Å². The van der Waals surface area contributed by atoms with E-state index in [1.165, 1.54) is 6.07 Å². The summed E-state index contributed by atoms with van der Waals surface area (Å²) in [5.74, 6) is 0.481. The lowest BCUT2D eigenvalue weighted by Crippen LogP contribution is -2.47. The summed E-state index contributed by atoms with van der Waals surface area (Å²) in [5.41, 5.74) is 0.831. The summed E-state index contributed by atoms with van der Waals surface area (Å²) in [6, 6.07) is 9.23. The second-order valence-electron chi connectivity index (χ2n) is 7.11. The quantitative estimate of drug-likeness (QED) is 0.803. The number of morpholine rings is 1. The van der Waals surface area contributed by atoms with E-state index in [0.29, 0.717) is 47.3 Å². The van der Waals surface area contributed by atoms with Crippen LogP contribution in [0.3, 0.4) is 0 Å². The average molecular weight is 421 g/mol. The Bertz CT molecular complexity index is 890. The zero-order valence-corrected chi connectivity index (χ0v) is 16.7. The summed E-state index contributed by atoms with van der Waals surface area (Å²) >= 11 is 6.34. The number of nitrogens with one attached hydrogen (secondary N) is 1. The van der Waals surface area contributed by atoms with E-state index in [-0.39, 0.29) is 31.2 Å². The standard InChI is InChI=1S/C21H22ClFN2O4/c1-13-11-25(7-8-27-13)17(20-15(22)3-2-4-16(20)23)10-24-21(26)14-5-6-18-19(9-14)29-12-28-18/h2-6,9,13,17H,7-8,10-12H2,1H3,(H,24,26)/t13-,17-/m0/s1. The first kappa shape index (κ1) is 19.9. The van der Waals surface area contributed by atoms with Gasteiger partial charge in [0.05, 0.1) is 18.8 Å². The van der Waals surface area contributed by atoms with Crippen LogP contribution in [0, 0.1) is 5.82 Å². The van der Waals surface area contributed by atoms with Crippen LogP contribution in [-0.4, -0.2) is 49.9 Å². The van der Waals surface area contributed by atoms with Gasteiger partial charge in [0.1, 0.15) is 5.82 Å². The molecule has 6 nitrogen and oxygen atoms in total. The molecule has 2 heterocycles. The normalized spacial score (nSPS) is 19.8. The van der Waals surface area contributed by atoms with Gasteiger partial charge in [0, 0.05) is 35.8 Å². The molecule has 1 N–H and O–H groups in total. The smallest absolute Gasteiger partial charge is 0.251 e. The minimum absolute atomic E-state index is 0.0151. The number of hydrogen-bond acceptors (Lipinski definition) is 5. The highest BCUT2D eigenvalue weighted by molar-refractivity contribution is 6.31. The van der Waals surface area contributed by atoms with Gasteiger partial charge < -0.3 is 19.5 Å². The molecule has 154 valence electrons. The van der Waals surface area contributed by atoms with Crippen molar-refractivity contribution in [2.24, 2.45) is 0 Å². The molecule has 0 spiro atoms. The van der Waals surface area contributed by atoms with Crippen molar-refractivity contribution in [1.82, 2.24) is 10.2 Å². The number of halogens is 2. The Morgan fingerprint density at radius 2 is 2.14 bits per heavy atom. The Morgan fingerprint density at radius 1 is 1.31 bits per heavy atom. The zero-order chi connectivity index (χ0) is 20.4. The maximum Gasteiger partial charge on any atom is 0.251 e. The van der Waals surface area contributed by atoms with E-state index in [1.807, 2.05) is 6.92 Å². The van der Waals surface area contributed by atoms with Crippen LogP contribution in [0.15, 0.2) is 36.4 Å². The first-order chi connectivity index (χ1) is 14.0. The van der Waals surface area contributed by atoms with Gasteiger partial charge in [-0.1, -0.05) is 17.7 Å². The van der Waals surface area contributed by atoms with Crippen LogP contribution < -0.4 is 14.8 Å². The van der Waals surface area contributed by atoms with E-state index in [9.17, 15) is 9.18 Å². The van der Waals surface area contributed by atoms with Crippen LogP contribution >= 0.6 is 11.6 Å². The molecule has 2 atom stereocenters. The van der Waals surface area contributed by atoms with Gasteiger partial charge in [0.15, 0.2) is 11.5 Å². The molecule has 29 heavy (non-hydrogen) atoms. The second-order valence-corrected chi connectivity index (χ2v) is 7.51. The minimum Gasteiger partial charge on any atom is -0.454 e. The van der Waals surface area contributed by atoms with Crippen LogP contribution in [0.25, 0.3) is 0 Å².